The predicted octanol–water partition coefficient (Wildman–Crippen LogP) is 1.93. The number of carbonyl (C=O) groups excluding carboxylic acids is 2. The summed E-state index contributed by atoms with van der Waals surface area (Å²) in [5, 5.41) is 2.90. The van der Waals surface area contributed by atoms with Crippen molar-refractivity contribution in [1.82, 2.24) is 5.32 Å². The predicted molar refractivity (Wildman–Crippen MR) is 103 cm³/mol. The molecule has 2 amide bonds. The lowest BCUT2D eigenvalue weighted by Gasteiger charge is -2.33. The third-order valence-corrected chi connectivity index (χ3v) is 4.77. The standard InChI is InChI=1S/C21H22N2O5/c1-14(24)23-13-20(28-17-5-3-2-4-16(17)23)21(25)22-9-8-15-6-7-18-19(12-15)27-11-10-26-18/h2-7,12,20H,8-11,13H2,1H3,(H,22,25). The van der Waals surface area contributed by atoms with Gasteiger partial charge in [-0.15, -0.1) is 0 Å². The van der Waals surface area contributed by atoms with Gasteiger partial charge in [-0.25, -0.2) is 0 Å². The number of amides is 2. The van der Waals surface area contributed by atoms with Gasteiger partial charge in [0.1, 0.15) is 19.0 Å². The molecule has 146 valence electrons. The summed E-state index contributed by atoms with van der Waals surface area (Å²) < 4.78 is 16.9. The second kappa shape index (κ2) is 7.80. The zero-order valence-corrected chi connectivity index (χ0v) is 15.6. The molecule has 2 aliphatic heterocycles. The van der Waals surface area contributed by atoms with E-state index >= 15 is 0 Å². The number of rotatable bonds is 4. The van der Waals surface area contributed by atoms with Crippen molar-refractivity contribution in [2.24, 2.45) is 0 Å². The highest BCUT2D eigenvalue weighted by atomic mass is 16.6. The fourth-order valence-corrected chi connectivity index (χ4v) is 3.36. The third kappa shape index (κ3) is 3.74. The van der Waals surface area contributed by atoms with Crippen LogP contribution >= 0.6 is 0 Å². The second-order valence-corrected chi connectivity index (χ2v) is 6.72. The van der Waals surface area contributed by atoms with Gasteiger partial charge in [-0.2, -0.15) is 0 Å². The number of hydrogen-bond acceptors (Lipinski definition) is 5. The largest absolute Gasteiger partial charge is 0.486 e. The Bertz CT molecular complexity index is 898. The highest BCUT2D eigenvalue weighted by Gasteiger charge is 2.32. The Labute approximate surface area is 163 Å². The van der Waals surface area contributed by atoms with Crippen molar-refractivity contribution in [3.05, 3.63) is 48.0 Å². The molecule has 7 nitrogen and oxygen atoms in total. The summed E-state index contributed by atoms with van der Waals surface area (Å²) in [6, 6.07) is 13.0. The zero-order chi connectivity index (χ0) is 19.5. The molecule has 0 radical (unpaired) electrons. The van der Waals surface area contributed by atoms with Crippen LogP contribution < -0.4 is 24.4 Å². The Morgan fingerprint density at radius 2 is 1.86 bits per heavy atom. The number of carbonyl (C=O) groups is 2. The van der Waals surface area contributed by atoms with Crippen molar-refractivity contribution < 1.29 is 23.8 Å². The van der Waals surface area contributed by atoms with Gasteiger partial charge < -0.3 is 24.4 Å². The average molecular weight is 382 g/mol. The number of benzene rings is 2. The van der Waals surface area contributed by atoms with E-state index in [0.29, 0.717) is 37.6 Å². The topological polar surface area (TPSA) is 77.1 Å². The van der Waals surface area contributed by atoms with Crippen molar-refractivity contribution >= 4 is 17.5 Å². The lowest BCUT2D eigenvalue weighted by Crippen LogP contribution is -2.50. The molecule has 0 spiro atoms. The Hall–Kier alpha value is -3.22. The number of nitrogens with one attached hydrogen (secondary N) is 1. The molecule has 1 unspecified atom stereocenters. The Balaban J connectivity index is 1.36. The minimum absolute atomic E-state index is 0.121. The highest BCUT2D eigenvalue weighted by molar-refractivity contribution is 5.95. The first-order chi connectivity index (χ1) is 13.6. The summed E-state index contributed by atoms with van der Waals surface area (Å²) in [5.74, 6) is 1.66. The molecule has 0 aliphatic carbocycles. The fraction of sp³-hybridized carbons (Fsp3) is 0.333. The van der Waals surface area contributed by atoms with Gasteiger partial charge in [-0.1, -0.05) is 18.2 Å². The number of fused-ring (bicyclic) bond motifs is 2. The minimum atomic E-state index is -0.737. The molecular formula is C21H22N2O5. The summed E-state index contributed by atoms with van der Waals surface area (Å²) in [4.78, 5) is 26.1. The van der Waals surface area contributed by atoms with Crippen LogP contribution in [0.1, 0.15) is 12.5 Å². The van der Waals surface area contributed by atoms with Crippen LogP contribution in [0, 0.1) is 0 Å². The number of ether oxygens (including phenoxy) is 3. The molecule has 0 fully saturated rings. The second-order valence-electron chi connectivity index (χ2n) is 6.72. The molecule has 1 N–H and O–H groups in total. The van der Waals surface area contributed by atoms with Crippen LogP contribution in [0.25, 0.3) is 0 Å². The Morgan fingerprint density at radius 3 is 2.68 bits per heavy atom. The highest BCUT2D eigenvalue weighted by Crippen LogP contribution is 2.33. The molecule has 28 heavy (non-hydrogen) atoms. The van der Waals surface area contributed by atoms with Crippen molar-refractivity contribution in [2.75, 3.05) is 31.2 Å². The maximum atomic E-state index is 12.6. The van der Waals surface area contributed by atoms with Crippen LogP contribution in [0.5, 0.6) is 17.2 Å². The van der Waals surface area contributed by atoms with E-state index in [-0.39, 0.29) is 18.4 Å². The van der Waals surface area contributed by atoms with Gasteiger partial charge in [-0.3, -0.25) is 9.59 Å². The number of hydrogen-bond donors (Lipinski definition) is 1. The summed E-state index contributed by atoms with van der Waals surface area (Å²) in [7, 11) is 0. The van der Waals surface area contributed by atoms with E-state index in [2.05, 4.69) is 5.32 Å². The van der Waals surface area contributed by atoms with Gasteiger partial charge in [0.15, 0.2) is 17.6 Å². The van der Waals surface area contributed by atoms with Gasteiger partial charge >= 0.3 is 0 Å². The zero-order valence-electron chi connectivity index (χ0n) is 15.6. The van der Waals surface area contributed by atoms with Crippen molar-refractivity contribution in [3.8, 4) is 17.2 Å². The van der Waals surface area contributed by atoms with Crippen LogP contribution in [0.4, 0.5) is 5.69 Å². The van der Waals surface area contributed by atoms with E-state index in [9.17, 15) is 9.59 Å². The van der Waals surface area contributed by atoms with Crippen LogP contribution in [0.3, 0.4) is 0 Å². The molecule has 0 saturated heterocycles. The molecule has 1 atom stereocenters. The van der Waals surface area contributed by atoms with E-state index in [1.807, 2.05) is 36.4 Å². The van der Waals surface area contributed by atoms with Crippen LogP contribution in [-0.4, -0.2) is 44.2 Å². The van der Waals surface area contributed by atoms with E-state index in [1.54, 1.807) is 11.0 Å². The summed E-state index contributed by atoms with van der Waals surface area (Å²) >= 11 is 0. The first kappa shape index (κ1) is 18.2. The third-order valence-electron chi connectivity index (χ3n) is 4.77. The Morgan fingerprint density at radius 1 is 1.07 bits per heavy atom. The SMILES string of the molecule is CC(=O)N1CC(C(=O)NCCc2ccc3c(c2)OCCO3)Oc2ccccc21. The number of nitrogens with zero attached hydrogens (tertiary/aromatic N) is 1. The van der Waals surface area contributed by atoms with E-state index in [0.717, 1.165) is 17.1 Å². The van der Waals surface area contributed by atoms with Crippen LogP contribution in [0.2, 0.25) is 0 Å². The van der Waals surface area contributed by atoms with Gasteiger partial charge in [0.25, 0.3) is 5.91 Å². The van der Waals surface area contributed by atoms with Gasteiger partial charge in [0, 0.05) is 13.5 Å². The first-order valence-corrected chi connectivity index (χ1v) is 9.32. The minimum Gasteiger partial charge on any atom is -0.486 e. The molecule has 2 heterocycles. The molecule has 2 aromatic carbocycles. The maximum Gasteiger partial charge on any atom is 0.262 e. The molecule has 0 aromatic heterocycles. The maximum absolute atomic E-state index is 12.6. The van der Waals surface area contributed by atoms with E-state index < -0.39 is 6.10 Å². The molecule has 0 bridgehead atoms. The van der Waals surface area contributed by atoms with E-state index in [4.69, 9.17) is 14.2 Å². The van der Waals surface area contributed by atoms with Crippen molar-refractivity contribution in [2.45, 2.75) is 19.4 Å². The summed E-state index contributed by atoms with van der Waals surface area (Å²) in [5.41, 5.74) is 1.74. The molecule has 2 aliphatic rings. The monoisotopic (exact) mass is 382 g/mol. The van der Waals surface area contributed by atoms with Gasteiger partial charge in [-0.05, 0) is 36.2 Å². The summed E-state index contributed by atoms with van der Waals surface area (Å²) in [6.45, 7) is 3.24. The fourth-order valence-electron chi connectivity index (χ4n) is 3.36. The average Bonchev–Trinajstić information content (AvgIpc) is 2.72. The van der Waals surface area contributed by atoms with Gasteiger partial charge in [0.05, 0.1) is 12.2 Å². The van der Waals surface area contributed by atoms with Crippen LogP contribution in [0.15, 0.2) is 42.5 Å². The van der Waals surface area contributed by atoms with Crippen LogP contribution in [-0.2, 0) is 16.0 Å². The molecule has 7 heteroatoms. The molecule has 2 aromatic rings. The normalized spacial score (nSPS) is 17.3. The quantitative estimate of drug-likeness (QED) is 0.874. The molecular weight excluding hydrogens is 360 g/mol. The van der Waals surface area contributed by atoms with Crippen molar-refractivity contribution in [3.63, 3.8) is 0 Å². The summed E-state index contributed by atoms with van der Waals surface area (Å²) in [6.07, 6.45) is -0.0821. The smallest absolute Gasteiger partial charge is 0.262 e. The lowest BCUT2D eigenvalue weighted by molar-refractivity contribution is -0.128. The lowest BCUT2D eigenvalue weighted by atomic mass is 10.1. The Kier molecular flexibility index (Phi) is 5.06. The molecule has 4 rings (SSSR count). The first-order valence-electron chi connectivity index (χ1n) is 9.32. The van der Waals surface area contributed by atoms with Gasteiger partial charge in [0.2, 0.25) is 5.91 Å². The molecule has 0 saturated carbocycles. The van der Waals surface area contributed by atoms with E-state index in [1.165, 1.54) is 6.92 Å². The number of anilines is 1. The number of para-hydroxylation sites is 2. The van der Waals surface area contributed by atoms with Crippen molar-refractivity contribution in [1.29, 1.82) is 0 Å².